The molecule has 6 heteroatoms. The first-order valence-corrected chi connectivity index (χ1v) is 7.99. The third-order valence-electron chi connectivity index (χ3n) is 3.48. The summed E-state index contributed by atoms with van der Waals surface area (Å²) >= 11 is 5.79. The van der Waals surface area contributed by atoms with Crippen molar-refractivity contribution in [3.63, 3.8) is 0 Å². The molecule has 0 saturated carbocycles. The minimum atomic E-state index is -0.165. The number of halogens is 1. The molecule has 24 heavy (non-hydrogen) atoms. The van der Waals surface area contributed by atoms with Crippen LogP contribution < -0.4 is 10.1 Å². The Morgan fingerprint density at radius 3 is 2.83 bits per heavy atom. The summed E-state index contributed by atoms with van der Waals surface area (Å²) in [4.78, 5) is 16.1. The Bertz CT molecular complexity index is 843. The maximum atomic E-state index is 11.8. The summed E-state index contributed by atoms with van der Waals surface area (Å²) in [5.41, 5.74) is 2.69. The Kier molecular flexibility index (Phi) is 5.01. The number of carbonyl (C=O) groups excluding carboxylic acids is 1. The lowest BCUT2D eigenvalue weighted by Crippen LogP contribution is -2.30. The molecule has 0 spiro atoms. The number of amides is 1. The normalized spacial score (nSPS) is 10.8. The summed E-state index contributed by atoms with van der Waals surface area (Å²) < 4.78 is 10.9. The average molecular weight is 345 g/mol. The van der Waals surface area contributed by atoms with Gasteiger partial charge in [0.05, 0.1) is 0 Å². The van der Waals surface area contributed by atoms with Gasteiger partial charge in [0.2, 0.25) is 0 Å². The largest absolute Gasteiger partial charge is 0.484 e. The van der Waals surface area contributed by atoms with E-state index in [0.717, 1.165) is 16.7 Å². The quantitative estimate of drug-likeness (QED) is 0.743. The lowest BCUT2D eigenvalue weighted by atomic mass is 10.1. The fourth-order valence-corrected chi connectivity index (χ4v) is 2.44. The van der Waals surface area contributed by atoms with Crippen LogP contribution in [0.15, 0.2) is 46.9 Å². The Morgan fingerprint density at radius 1 is 1.25 bits per heavy atom. The first-order valence-electron chi connectivity index (χ1n) is 7.61. The Morgan fingerprint density at radius 2 is 2.04 bits per heavy atom. The minimum absolute atomic E-state index is 0.0258. The number of ether oxygens (including phenoxy) is 1. The number of nitrogens with zero attached hydrogens (tertiary/aromatic N) is 1. The van der Waals surface area contributed by atoms with E-state index in [1.54, 1.807) is 24.3 Å². The molecule has 0 fully saturated rings. The van der Waals surface area contributed by atoms with Gasteiger partial charge >= 0.3 is 0 Å². The van der Waals surface area contributed by atoms with Crippen molar-refractivity contribution < 1.29 is 13.9 Å². The van der Waals surface area contributed by atoms with E-state index in [-0.39, 0.29) is 12.5 Å². The standard InChI is InChI=1S/C18H17ClN2O3/c1-12-21-16-7-2-13(10-17(16)24-12)8-9-20-18(22)11-23-15-5-3-14(19)4-6-15/h2-7,10H,8-9,11H2,1H3,(H,20,22). The fourth-order valence-electron chi connectivity index (χ4n) is 2.32. The number of hydrogen-bond donors (Lipinski definition) is 1. The summed E-state index contributed by atoms with van der Waals surface area (Å²) in [6, 6.07) is 12.7. The second kappa shape index (κ2) is 7.36. The number of carbonyl (C=O) groups is 1. The van der Waals surface area contributed by atoms with Crippen LogP contribution in [0.25, 0.3) is 11.1 Å². The van der Waals surface area contributed by atoms with E-state index in [1.165, 1.54) is 0 Å². The predicted molar refractivity (Wildman–Crippen MR) is 92.4 cm³/mol. The van der Waals surface area contributed by atoms with Crippen molar-refractivity contribution in [3.05, 3.63) is 58.9 Å². The van der Waals surface area contributed by atoms with Crippen LogP contribution in [0.2, 0.25) is 5.02 Å². The molecule has 1 heterocycles. The van der Waals surface area contributed by atoms with Gasteiger partial charge in [-0.2, -0.15) is 0 Å². The molecule has 0 bridgehead atoms. The minimum Gasteiger partial charge on any atom is -0.484 e. The number of aromatic nitrogens is 1. The zero-order valence-corrected chi connectivity index (χ0v) is 14.0. The van der Waals surface area contributed by atoms with E-state index < -0.39 is 0 Å². The second-order valence-electron chi connectivity index (χ2n) is 5.38. The summed E-state index contributed by atoms with van der Waals surface area (Å²) in [6.45, 7) is 2.32. The van der Waals surface area contributed by atoms with Crippen molar-refractivity contribution >= 4 is 28.6 Å². The zero-order valence-electron chi connectivity index (χ0n) is 13.2. The molecular formula is C18H17ClN2O3. The van der Waals surface area contributed by atoms with Crippen LogP contribution in [0.1, 0.15) is 11.5 Å². The number of nitrogens with one attached hydrogen (secondary N) is 1. The number of benzene rings is 2. The molecule has 1 amide bonds. The molecule has 0 aliphatic rings. The number of hydrogen-bond acceptors (Lipinski definition) is 4. The Balaban J connectivity index is 1.44. The summed E-state index contributed by atoms with van der Waals surface area (Å²) in [5.74, 6) is 1.09. The van der Waals surface area contributed by atoms with Gasteiger partial charge in [-0.25, -0.2) is 4.98 Å². The molecule has 2 aromatic carbocycles. The lowest BCUT2D eigenvalue weighted by Gasteiger charge is -2.07. The van der Waals surface area contributed by atoms with Gasteiger partial charge in [-0.05, 0) is 48.4 Å². The molecule has 0 aliphatic carbocycles. The second-order valence-corrected chi connectivity index (χ2v) is 5.81. The average Bonchev–Trinajstić information content (AvgIpc) is 2.93. The molecule has 0 unspecified atom stereocenters. The van der Waals surface area contributed by atoms with Crippen LogP contribution in [0, 0.1) is 6.92 Å². The van der Waals surface area contributed by atoms with Gasteiger partial charge in [0.1, 0.15) is 11.3 Å². The van der Waals surface area contributed by atoms with E-state index >= 15 is 0 Å². The number of fused-ring (bicyclic) bond motifs is 1. The third-order valence-corrected chi connectivity index (χ3v) is 3.73. The van der Waals surface area contributed by atoms with Crippen LogP contribution in [-0.4, -0.2) is 24.0 Å². The molecule has 124 valence electrons. The van der Waals surface area contributed by atoms with Gasteiger partial charge in [0.15, 0.2) is 18.1 Å². The van der Waals surface area contributed by atoms with Gasteiger partial charge in [0.25, 0.3) is 5.91 Å². The highest BCUT2D eigenvalue weighted by Crippen LogP contribution is 2.17. The topological polar surface area (TPSA) is 64.4 Å². The van der Waals surface area contributed by atoms with Crippen molar-refractivity contribution in [1.82, 2.24) is 10.3 Å². The van der Waals surface area contributed by atoms with Gasteiger partial charge in [0, 0.05) is 18.5 Å². The fraction of sp³-hybridized carbons (Fsp3) is 0.222. The van der Waals surface area contributed by atoms with Gasteiger partial charge in [-0.15, -0.1) is 0 Å². The molecule has 0 aliphatic heterocycles. The lowest BCUT2D eigenvalue weighted by molar-refractivity contribution is -0.123. The van der Waals surface area contributed by atoms with E-state index in [2.05, 4.69) is 10.3 Å². The highest BCUT2D eigenvalue weighted by Gasteiger charge is 2.05. The van der Waals surface area contributed by atoms with Crippen LogP contribution in [0.5, 0.6) is 5.75 Å². The smallest absolute Gasteiger partial charge is 0.257 e. The van der Waals surface area contributed by atoms with Crippen LogP contribution in [0.4, 0.5) is 0 Å². The van der Waals surface area contributed by atoms with Crippen molar-refractivity contribution in [2.45, 2.75) is 13.3 Å². The molecule has 1 N–H and O–H groups in total. The molecule has 5 nitrogen and oxygen atoms in total. The van der Waals surface area contributed by atoms with Crippen LogP contribution in [-0.2, 0) is 11.2 Å². The summed E-state index contributed by atoms with van der Waals surface area (Å²) in [5, 5.41) is 3.46. The SMILES string of the molecule is Cc1nc2ccc(CCNC(=O)COc3ccc(Cl)cc3)cc2o1. The summed E-state index contributed by atoms with van der Waals surface area (Å²) in [6.07, 6.45) is 0.711. The maximum Gasteiger partial charge on any atom is 0.257 e. The van der Waals surface area contributed by atoms with E-state index in [0.29, 0.717) is 29.6 Å². The number of aryl methyl sites for hydroxylation is 1. The van der Waals surface area contributed by atoms with Gasteiger partial charge < -0.3 is 14.5 Å². The number of rotatable bonds is 6. The zero-order chi connectivity index (χ0) is 16.9. The molecule has 1 aromatic heterocycles. The van der Waals surface area contributed by atoms with Crippen molar-refractivity contribution in [2.75, 3.05) is 13.2 Å². The van der Waals surface area contributed by atoms with Crippen molar-refractivity contribution in [2.24, 2.45) is 0 Å². The highest BCUT2D eigenvalue weighted by atomic mass is 35.5. The Labute approximate surface area is 144 Å². The molecule has 0 atom stereocenters. The molecule has 0 saturated heterocycles. The van der Waals surface area contributed by atoms with Crippen LogP contribution >= 0.6 is 11.6 Å². The molecule has 3 aromatic rings. The predicted octanol–water partition coefficient (Wildman–Crippen LogP) is 3.53. The van der Waals surface area contributed by atoms with E-state index in [1.807, 2.05) is 25.1 Å². The third kappa shape index (κ3) is 4.26. The first-order chi connectivity index (χ1) is 11.6. The maximum absolute atomic E-state index is 11.8. The highest BCUT2D eigenvalue weighted by molar-refractivity contribution is 6.30. The van der Waals surface area contributed by atoms with Gasteiger partial charge in [-0.1, -0.05) is 17.7 Å². The van der Waals surface area contributed by atoms with E-state index in [4.69, 9.17) is 20.8 Å². The number of oxazole rings is 1. The van der Waals surface area contributed by atoms with Crippen molar-refractivity contribution in [1.29, 1.82) is 0 Å². The van der Waals surface area contributed by atoms with E-state index in [9.17, 15) is 4.79 Å². The monoisotopic (exact) mass is 344 g/mol. The first kappa shape index (κ1) is 16.3. The Hall–Kier alpha value is -2.53. The molecule has 0 radical (unpaired) electrons. The van der Waals surface area contributed by atoms with Crippen LogP contribution in [0.3, 0.4) is 0 Å². The van der Waals surface area contributed by atoms with Gasteiger partial charge in [-0.3, -0.25) is 4.79 Å². The van der Waals surface area contributed by atoms with Crippen molar-refractivity contribution in [3.8, 4) is 5.75 Å². The molecular weight excluding hydrogens is 328 g/mol. The molecule has 3 rings (SSSR count). The summed E-state index contributed by atoms with van der Waals surface area (Å²) in [7, 11) is 0.